The second-order valence-corrected chi connectivity index (χ2v) is 10.2. The Morgan fingerprint density at radius 2 is 1.97 bits per heavy atom. The lowest BCUT2D eigenvalue weighted by Gasteiger charge is -2.56. The zero-order chi connectivity index (χ0) is 21.0. The van der Waals surface area contributed by atoms with Crippen LogP contribution in [0.25, 0.3) is 0 Å². The van der Waals surface area contributed by atoms with Crippen LogP contribution in [0.2, 0.25) is 0 Å². The van der Waals surface area contributed by atoms with Crippen molar-refractivity contribution in [1.29, 1.82) is 0 Å². The van der Waals surface area contributed by atoms with Crippen LogP contribution in [0.4, 0.5) is 0 Å². The third-order valence-electron chi connectivity index (χ3n) is 8.75. The number of ketones is 1. The van der Waals surface area contributed by atoms with E-state index in [4.69, 9.17) is 4.74 Å². The highest BCUT2D eigenvalue weighted by Crippen LogP contribution is 2.60. The molecule has 0 saturated heterocycles. The number of hydrogen-bond acceptors (Lipinski definition) is 3. The highest BCUT2D eigenvalue weighted by atomic mass is 16.5. The largest absolute Gasteiger partial charge is 0.466 e. The average Bonchev–Trinajstić information content (AvgIpc) is 3.02. The van der Waals surface area contributed by atoms with Gasteiger partial charge >= 0.3 is 5.97 Å². The van der Waals surface area contributed by atoms with Gasteiger partial charge in [0.2, 0.25) is 0 Å². The summed E-state index contributed by atoms with van der Waals surface area (Å²) in [5.74, 6) is 3.62. The summed E-state index contributed by atoms with van der Waals surface area (Å²) in [6, 6.07) is 0. The van der Waals surface area contributed by atoms with E-state index in [1.807, 2.05) is 6.92 Å². The summed E-state index contributed by atoms with van der Waals surface area (Å²) in [4.78, 5) is 23.9. The van der Waals surface area contributed by atoms with Gasteiger partial charge in [0.25, 0.3) is 0 Å². The van der Waals surface area contributed by atoms with Crippen molar-refractivity contribution >= 4 is 11.8 Å². The fourth-order valence-corrected chi connectivity index (χ4v) is 7.08. The number of esters is 1. The zero-order valence-corrected chi connectivity index (χ0v) is 19.2. The Morgan fingerprint density at radius 1 is 1.17 bits per heavy atom. The van der Waals surface area contributed by atoms with Crippen molar-refractivity contribution in [3.8, 4) is 0 Å². The summed E-state index contributed by atoms with van der Waals surface area (Å²) in [6.07, 6.45) is 14.5. The molecule has 3 rings (SSSR count). The van der Waals surface area contributed by atoms with E-state index in [0.717, 1.165) is 37.0 Å². The van der Waals surface area contributed by atoms with Gasteiger partial charge in [-0.15, -0.1) is 0 Å². The maximum atomic E-state index is 12.2. The summed E-state index contributed by atoms with van der Waals surface area (Å²) >= 11 is 0. The molecule has 0 N–H and O–H groups in total. The lowest BCUT2D eigenvalue weighted by Crippen LogP contribution is -2.48. The van der Waals surface area contributed by atoms with E-state index in [9.17, 15) is 9.59 Å². The molecule has 0 bridgehead atoms. The molecular weight excluding hydrogens is 360 g/mol. The fourth-order valence-electron chi connectivity index (χ4n) is 7.08. The van der Waals surface area contributed by atoms with Gasteiger partial charge < -0.3 is 4.74 Å². The lowest BCUT2D eigenvalue weighted by atomic mass is 9.49. The van der Waals surface area contributed by atoms with Crippen LogP contribution in [0.1, 0.15) is 98.3 Å². The first-order chi connectivity index (χ1) is 13.9. The number of carbonyl (C=O) groups is 2. The smallest absolute Gasteiger partial charge is 0.306 e. The third kappa shape index (κ3) is 4.80. The number of hydrogen-bond donors (Lipinski definition) is 0. The Labute approximate surface area is 178 Å². The van der Waals surface area contributed by atoms with Crippen LogP contribution in [0.3, 0.4) is 0 Å². The molecule has 6 unspecified atom stereocenters. The molecule has 0 aromatic carbocycles. The lowest BCUT2D eigenvalue weighted by molar-refractivity contribution is -0.143. The molecule has 164 valence electrons. The fraction of sp³-hybridized carbons (Fsp3) is 0.846. The first-order valence-electron chi connectivity index (χ1n) is 12.3. The van der Waals surface area contributed by atoms with Crippen LogP contribution in [0.5, 0.6) is 0 Å². The highest BCUT2D eigenvalue weighted by molar-refractivity contribution is 5.83. The van der Waals surface area contributed by atoms with E-state index >= 15 is 0 Å². The van der Waals surface area contributed by atoms with Crippen molar-refractivity contribution in [2.24, 2.45) is 35.0 Å². The topological polar surface area (TPSA) is 43.4 Å². The molecule has 3 nitrogen and oxygen atoms in total. The number of ether oxygens (including phenoxy) is 1. The molecule has 0 aliphatic heterocycles. The van der Waals surface area contributed by atoms with Crippen molar-refractivity contribution in [3.05, 3.63) is 11.6 Å². The van der Waals surface area contributed by atoms with E-state index in [2.05, 4.69) is 26.8 Å². The molecule has 3 heteroatoms. The van der Waals surface area contributed by atoms with Gasteiger partial charge in [-0.05, 0) is 87.4 Å². The van der Waals surface area contributed by atoms with E-state index in [1.54, 1.807) is 5.57 Å². The second kappa shape index (κ2) is 9.79. The van der Waals surface area contributed by atoms with Gasteiger partial charge in [-0.3, -0.25) is 9.59 Å². The SMILES string of the molecule is CCCC1C(C2CCC(=O)C2C)CCC2C/C(=C/CCC(=O)OCC)CCC21C. The number of Topliss-reactive ketones (excluding diaryl/α,β-unsaturated/α-hetero) is 1. The minimum Gasteiger partial charge on any atom is -0.466 e. The maximum absolute atomic E-state index is 12.2. The van der Waals surface area contributed by atoms with Gasteiger partial charge in [0.1, 0.15) is 5.78 Å². The van der Waals surface area contributed by atoms with Gasteiger partial charge in [0.05, 0.1) is 6.61 Å². The van der Waals surface area contributed by atoms with Crippen molar-refractivity contribution in [2.75, 3.05) is 6.61 Å². The highest BCUT2D eigenvalue weighted by Gasteiger charge is 2.52. The molecule has 3 aliphatic rings. The summed E-state index contributed by atoms with van der Waals surface area (Å²) in [7, 11) is 0. The summed E-state index contributed by atoms with van der Waals surface area (Å²) < 4.78 is 5.06. The van der Waals surface area contributed by atoms with Gasteiger partial charge in [0, 0.05) is 18.8 Å². The van der Waals surface area contributed by atoms with Crippen LogP contribution >= 0.6 is 0 Å². The Kier molecular flexibility index (Phi) is 7.62. The number of allylic oxidation sites excluding steroid dienone is 2. The molecule has 0 aromatic rings. The van der Waals surface area contributed by atoms with Crippen LogP contribution in [0.15, 0.2) is 11.6 Å². The molecule has 3 fully saturated rings. The Balaban J connectivity index is 1.67. The third-order valence-corrected chi connectivity index (χ3v) is 8.75. The Bertz CT molecular complexity index is 621. The first-order valence-corrected chi connectivity index (χ1v) is 12.3. The van der Waals surface area contributed by atoms with Crippen LogP contribution in [0, 0.1) is 35.0 Å². The van der Waals surface area contributed by atoms with E-state index in [0.29, 0.717) is 30.1 Å². The first kappa shape index (κ1) is 22.6. The van der Waals surface area contributed by atoms with E-state index in [1.165, 1.54) is 44.9 Å². The standard InChI is InChI=1S/C26H42O3/c1-5-8-23-22(21-13-14-24(27)18(21)3)12-11-20-17-19(15-16-26(20,23)4)9-7-10-25(28)29-6-2/h9,18,20-23H,5-8,10-17H2,1-4H3/b19-9+. The normalized spacial score (nSPS) is 38.8. The van der Waals surface area contributed by atoms with Crippen molar-refractivity contribution in [3.63, 3.8) is 0 Å². The maximum Gasteiger partial charge on any atom is 0.306 e. The second-order valence-electron chi connectivity index (χ2n) is 10.2. The summed E-state index contributed by atoms with van der Waals surface area (Å²) in [5, 5.41) is 0. The summed E-state index contributed by atoms with van der Waals surface area (Å²) in [5.41, 5.74) is 1.98. The van der Waals surface area contributed by atoms with Gasteiger partial charge in [-0.1, -0.05) is 38.8 Å². The van der Waals surface area contributed by atoms with Crippen molar-refractivity contribution < 1.29 is 14.3 Å². The molecule has 0 radical (unpaired) electrons. The van der Waals surface area contributed by atoms with Crippen LogP contribution in [-0.4, -0.2) is 18.4 Å². The van der Waals surface area contributed by atoms with Gasteiger partial charge in [0.15, 0.2) is 0 Å². The minimum absolute atomic E-state index is 0.0752. The monoisotopic (exact) mass is 402 g/mol. The molecule has 29 heavy (non-hydrogen) atoms. The predicted octanol–water partition coefficient (Wildman–Crippen LogP) is 6.50. The molecule has 6 atom stereocenters. The Morgan fingerprint density at radius 3 is 2.62 bits per heavy atom. The molecule has 0 amide bonds. The van der Waals surface area contributed by atoms with E-state index < -0.39 is 0 Å². The predicted molar refractivity (Wildman–Crippen MR) is 117 cm³/mol. The zero-order valence-electron chi connectivity index (χ0n) is 19.2. The molecule has 0 spiro atoms. The quantitative estimate of drug-likeness (QED) is 0.360. The number of fused-ring (bicyclic) bond motifs is 1. The molecule has 0 aromatic heterocycles. The molecule has 3 saturated carbocycles. The van der Waals surface area contributed by atoms with Gasteiger partial charge in [-0.2, -0.15) is 0 Å². The van der Waals surface area contributed by atoms with Crippen molar-refractivity contribution in [1.82, 2.24) is 0 Å². The van der Waals surface area contributed by atoms with Crippen LogP contribution in [-0.2, 0) is 14.3 Å². The number of rotatable bonds is 7. The number of carbonyl (C=O) groups excluding carboxylic acids is 2. The average molecular weight is 403 g/mol. The van der Waals surface area contributed by atoms with E-state index in [-0.39, 0.29) is 11.9 Å². The van der Waals surface area contributed by atoms with Crippen molar-refractivity contribution in [2.45, 2.75) is 98.3 Å². The van der Waals surface area contributed by atoms with Crippen LogP contribution < -0.4 is 0 Å². The molecule has 0 heterocycles. The minimum atomic E-state index is -0.0752. The Hall–Kier alpha value is -1.12. The summed E-state index contributed by atoms with van der Waals surface area (Å²) in [6.45, 7) is 9.44. The van der Waals surface area contributed by atoms with Gasteiger partial charge in [-0.25, -0.2) is 0 Å². The molecule has 3 aliphatic carbocycles. The molecular formula is C26H42O3.